The molecule has 144 valence electrons. The molecule has 0 spiro atoms. The Balaban J connectivity index is 1.62. The van der Waals surface area contributed by atoms with E-state index in [0.717, 1.165) is 0 Å². The number of rotatable bonds is 5. The molecule has 0 N–H and O–H groups in total. The molecule has 1 amide bonds. The van der Waals surface area contributed by atoms with Crippen LogP contribution in [-0.2, 0) is 14.8 Å². The van der Waals surface area contributed by atoms with Crippen molar-refractivity contribution in [3.63, 3.8) is 0 Å². The van der Waals surface area contributed by atoms with Crippen molar-refractivity contribution >= 4 is 21.6 Å². The van der Waals surface area contributed by atoms with E-state index in [0.29, 0.717) is 44.6 Å². The Morgan fingerprint density at radius 3 is 2.42 bits per heavy atom. The minimum absolute atomic E-state index is 0.0182. The van der Waals surface area contributed by atoms with Crippen molar-refractivity contribution in [2.24, 2.45) is 0 Å². The molecular formula is C18H26FN3O3S. The number of hydrogen-bond acceptors (Lipinski definition) is 4. The molecule has 2 heterocycles. The Morgan fingerprint density at radius 1 is 1.15 bits per heavy atom. The Morgan fingerprint density at radius 2 is 1.81 bits per heavy atom. The molecule has 0 saturated carbocycles. The van der Waals surface area contributed by atoms with Gasteiger partial charge in [0, 0.05) is 32.7 Å². The van der Waals surface area contributed by atoms with Gasteiger partial charge in [0.25, 0.3) is 0 Å². The number of anilines is 1. The van der Waals surface area contributed by atoms with Gasteiger partial charge in [-0.25, -0.2) is 17.1 Å². The molecule has 6 nitrogen and oxygen atoms in total. The normalized spacial score (nSPS) is 23.2. The standard InChI is InChI=1S/C18H26FN3O3S/c1-3-26(24,25)20(2)14-8-11-21(12-9-14)17-10-13-22(18(17)23)16-7-5-4-6-15(16)19/h4-7,14,17H,3,8-13H2,1-2H3. The fourth-order valence-electron chi connectivity index (χ4n) is 3.91. The second-order valence-electron chi connectivity index (χ2n) is 6.93. The van der Waals surface area contributed by atoms with Gasteiger partial charge in [-0.2, -0.15) is 0 Å². The van der Waals surface area contributed by atoms with Crippen LogP contribution in [0.1, 0.15) is 26.2 Å². The van der Waals surface area contributed by atoms with Crippen molar-refractivity contribution in [3.05, 3.63) is 30.1 Å². The van der Waals surface area contributed by atoms with E-state index in [9.17, 15) is 17.6 Å². The molecule has 0 aliphatic carbocycles. The molecule has 1 aromatic rings. The minimum atomic E-state index is -3.20. The SMILES string of the molecule is CCS(=O)(=O)N(C)C1CCN(C2CCN(c3ccccc3F)C2=O)CC1. The average Bonchev–Trinajstić information content (AvgIpc) is 3.03. The molecule has 0 bridgehead atoms. The molecule has 2 aliphatic heterocycles. The van der Waals surface area contributed by atoms with Crippen LogP contribution in [0, 0.1) is 5.82 Å². The third-order valence-corrected chi connectivity index (χ3v) is 7.48. The molecule has 0 radical (unpaired) electrons. The first-order chi connectivity index (χ1) is 12.3. The van der Waals surface area contributed by atoms with Gasteiger partial charge < -0.3 is 4.90 Å². The molecule has 1 aromatic carbocycles. The summed E-state index contributed by atoms with van der Waals surface area (Å²) < 4.78 is 39.6. The molecule has 2 aliphatic rings. The summed E-state index contributed by atoms with van der Waals surface area (Å²) in [5.74, 6) is -0.350. The third-order valence-electron chi connectivity index (χ3n) is 5.58. The quantitative estimate of drug-likeness (QED) is 0.776. The maximum atomic E-state index is 14.0. The lowest BCUT2D eigenvalue weighted by molar-refractivity contribution is -0.122. The largest absolute Gasteiger partial charge is 0.308 e. The van der Waals surface area contributed by atoms with E-state index in [1.807, 2.05) is 0 Å². The summed E-state index contributed by atoms with van der Waals surface area (Å²) in [5, 5.41) is 0. The lowest BCUT2D eigenvalue weighted by Gasteiger charge is -2.38. The molecule has 0 aromatic heterocycles. The van der Waals surface area contributed by atoms with Gasteiger partial charge in [-0.1, -0.05) is 12.1 Å². The number of hydrogen-bond donors (Lipinski definition) is 0. The minimum Gasteiger partial charge on any atom is -0.308 e. The molecule has 8 heteroatoms. The highest BCUT2D eigenvalue weighted by Gasteiger charge is 2.39. The molecule has 2 fully saturated rings. The van der Waals surface area contributed by atoms with Crippen molar-refractivity contribution in [2.45, 2.75) is 38.3 Å². The van der Waals surface area contributed by atoms with E-state index in [-0.39, 0.29) is 29.6 Å². The Hall–Kier alpha value is -1.51. The van der Waals surface area contributed by atoms with E-state index < -0.39 is 10.0 Å². The molecule has 1 unspecified atom stereocenters. The second kappa shape index (κ2) is 7.62. The zero-order valence-electron chi connectivity index (χ0n) is 15.3. The number of likely N-dealkylation sites (tertiary alicyclic amines) is 1. The van der Waals surface area contributed by atoms with Gasteiger partial charge in [0.05, 0.1) is 17.5 Å². The maximum absolute atomic E-state index is 14.0. The van der Waals surface area contributed by atoms with E-state index in [2.05, 4.69) is 4.90 Å². The number of halogens is 1. The van der Waals surface area contributed by atoms with Crippen molar-refractivity contribution in [2.75, 3.05) is 37.3 Å². The first kappa shape index (κ1) is 19.3. The van der Waals surface area contributed by atoms with Crippen LogP contribution in [-0.4, -0.2) is 68.0 Å². The first-order valence-corrected chi connectivity index (χ1v) is 10.7. The van der Waals surface area contributed by atoms with Crippen LogP contribution in [0.15, 0.2) is 24.3 Å². The number of piperidine rings is 1. The van der Waals surface area contributed by atoms with Gasteiger partial charge >= 0.3 is 0 Å². The Kier molecular flexibility index (Phi) is 5.64. The number of benzene rings is 1. The number of nitrogens with zero attached hydrogens (tertiary/aromatic N) is 3. The van der Waals surface area contributed by atoms with Crippen LogP contribution in [0.2, 0.25) is 0 Å². The predicted molar refractivity (Wildman–Crippen MR) is 99.0 cm³/mol. The highest BCUT2D eigenvalue weighted by atomic mass is 32.2. The molecule has 26 heavy (non-hydrogen) atoms. The number of carbonyl (C=O) groups is 1. The van der Waals surface area contributed by atoms with Gasteiger partial charge in [0.1, 0.15) is 5.82 Å². The number of carbonyl (C=O) groups excluding carboxylic acids is 1. The number of para-hydroxylation sites is 1. The number of sulfonamides is 1. The Labute approximate surface area is 154 Å². The molecular weight excluding hydrogens is 357 g/mol. The predicted octanol–water partition coefficient (Wildman–Crippen LogP) is 1.68. The third kappa shape index (κ3) is 3.63. The van der Waals surface area contributed by atoms with Crippen LogP contribution < -0.4 is 4.90 Å². The summed E-state index contributed by atoms with van der Waals surface area (Å²) in [6.45, 7) is 3.51. The highest BCUT2D eigenvalue weighted by Crippen LogP contribution is 2.29. The molecule has 2 saturated heterocycles. The maximum Gasteiger partial charge on any atom is 0.244 e. The van der Waals surface area contributed by atoms with Crippen LogP contribution in [0.5, 0.6) is 0 Å². The second-order valence-corrected chi connectivity index (χ2v) is 9.25. The summed E-state index contributed by atoms with van der Waals surface area (Å²) in [4.78, 5) is 16.4. The topological polar surface area (TPSA) is 60.9 Å². The fourth-order valence-corrected chi connectivity index (χ4v) is 4.98. The summed E-state index contributed by atoms with van der Waals surface area (Å²) in [6, 6.07) is 6.08. The first-order valence-electron chi connectivity index (χ1n) is 9.11. The summed E-state index contributed by atoms with van der Waals surface area (Å²) in [5.41, 5.74) is 0.337. The van der Waals surface area contributed by atoms with E-state index in [1.54, 1.807) is 32.2 Å². The summed E-state index contributed by atoms with van der Waals surface area (Å²) >= 11 is 0. The van der Waals surface area contributed by atoms with Crippen LogP contribution in [0.4, 0.5) is 10.1 Å². The summed E-state index contributed by atoms with van der Waals surface area (Å²) in [6.07, 6.45) is 2.08. The highest BCUT2D eigenvalue weighted by molar-refractivity contribution is 7.89. The lowest BCUT2D eigenvalue weighted by Crippen LogP contribution is -2.50. The van der Waals surface area contributed by atoms with Crippen LogP contribution in [0.3, 0.4) is 0 Å². The monoisotopic (exact) mass is 383 g/mol. The smallest absolute Gasteiger partial charge is 0.244 e. The zero-order valence-corrected chi connectivity index (χ0v) is 16.1. The van der Waals surface area contributed by atoms with Crippen molar-refractivity contribution in [1.29, 1.82) is 0 Å². The number of amides is 1. The van der Waals surface area contributed by atoms with E-state index >= 15 is 0 Å². The fraction of sp³-hybridized carbons (Fsp3) is 0.611. The van der Waals surface area contributed by atoms with E-state index in [4.69, 9.17) is 0 Å². The van der Waals surface area contributed by atoms with Gasteiger partial charge in [-0.05, 0) is 38.3 Å². The van der Waals surface area contributed by atoms with E-state index in [1.165, 1.54) is 15.3 Å². The van der Waals surface area contributed by atoms with Gasteiger partial charge in [0.15, 0.2) is 0 Å². The van der Waals surface area contributed by atoms with Gasteiger partial charge in [-0.15, -0.1) is 0 Å². The van der Waals surface area contributed by atoms with Crippen molar-refractivity contribution in [3.8, 4) is 0 Å². The van der Waals surface area contributed by atoms with Crippen LogP contribution in [0.25, 0.3) is 0 Å². The lowest BCUT2D eigenvalue weighted by atomic mass is 10.0. The molecule has 1 atom stereocenters. The Bertz CT molecular complexity index is 763. The summed E-state index contributed by atoms with van der Waals surface area (Å²) in [7, 11) is -1.56. The zero-order chi connectivity index (χ0) is 18.9. The van der Waals surface area contributed by atoms with Crippen molar-refractivity contribution < 1.29 is 17.6 Å². The average molecular weight is 383 g/mol. The van der Waals surface area contributed by atoms with Crippen molar-refractivity contribution in [1.82, 2.24) is 9.21 Å². The van der Waals surface area contributed by atoms with Gasteiger partial charge in [0.2, 0.25) is 15.9 Å². The molecule has 3 rings (SSSR count). The van der Waals surface area contributed by atoms with Crippen LogP contribution >= 0.6 is 0 Å². The van der Waals surface area contributed by atoms with Gasteiger partial charge in [-0.3, -0.25) is 9.69 Å².